The maximum absolute atomic E-state index is 10.8. The summed E-state index contributed by atoms with van der Waals surface area (Å²) in [6.45, 7) is -0.236. The number of nitrogens with one attached hydrogen (secondary N) is 1. The minimum atomic E-state index is -0.493. The maximum atomic E-state index is 10.8. The molecule has 0 aliphatic carbocycles. The van der Waals surface area contributed by atoms with Gasteiger partial charge in [-0.15, -0.1) is 0 Å². The lowest BCUT2D eigenvalue weighted by molar-refractivity contribution is -0.132. The smallest absolute Gasteiger partial charge is 0.325 e. The van der Waals surface area contributed by atoms with Gasteiger partial charge in [-0.3, -0.25) is 9.59 Å². The van der Waals surface area contributed by atoms with Gasteiger partial charge in [-0.2, -0.15) is 0 Å². The summed E-state index contributed by atoms with van der Waals surface area (Å²) in [4.78, 5) is 25.4. The summed E-state index contributed by atoms with van der Waals surface area (Å²) >= 11 is 0. The Hall–Kier alpha value is -3.37. The molecule has 1 aromatic carbocycles. The average molecular weight is 347 g/mol. The number of carbonyl (C=O) groups is 2. The summed E-state index contributed by atoms with van der Waals surface area (Å²) in [6.07, 6.45) is 0. The Morgan fingerprint density at radius 3 is 2.20 bits per heavy atom. The molecule has 2 rings (SSSR count). The SMILES string of the molecule is NCC(=O)Nc1ccc(N)c(N)n1.NCC(=O)Oc1ccccc1N. The largest absolute Gasteiger partial charge is 0.423 e. The summed E-state index contributed by atoms with van der Waals surface area (Å²) in [5.41, 5.74) is 27.3. The number of rotatable bonds is 4. The van der Waals surface area contributed by atoms with E-state index in [0.717, 1.165) is 0 Å². The van der Waals surface area contributed by atoms with E-state index in [1.165, 1.54) is 0 Å². The highest BCUT2D eigenvalue weighted by Gasteiger charge is 2.03. The number of benzene rings is 1. The van der Waals surface area contributed by atoms with Gasteiger partial charge in [0, 0.05) is 0 Å². The molecule has 1 aromatic heterocycles. The Morgan fingerprint density at radius 2 is 1.64 bits per heavy atom. The zero-order valence-electron chi connectivity index (χ0n) is 13.4. The molecule has 2 aromatic rings. The summed E-state index contributed by atoms with van der Waals surface area (Å²) in [5, 5.41) is 2.45. The number of amides is 1. The molecule has 0 saturated carbocycles. The third-order valence-corrected chi connectivity index (χ3v) is 2.72. The number of anilines is 4. The zero-order chi connectivity index (χ0) is 18.8. The molecule has 0 aliphatic heterocycles. The number of nitrogens with two attached hydrogens (primary N) is 5. The number of nitrogen functional groups attached to an aromatic ring is 3. The average Bonchev–Trinajstić information content (AvgIpc) is 2.60. The molecule has 1 heterocycles. The predicted molar refractivity (Wildman–Crippen MR) is 96.3 cm³/mol. The molecule has 0 aliphatic rings. The molecule has 1 amide bonds. The Labute approximate surface area is 144 Å². The number of carbonyl (C=O) groups excluding carboxylic acids is 2. The molecule has 0 radical (unpaired) electrons. The molecular formula is C15H21N7O3. The molecule has 10 nitrogen and oxygen atoms in total. The van der Waals surface area contributed by atoms with Crippen molar-refractivity contribution in [1.29, 1.82) is 0 Å². The lowest BCUT2D eigenvalue weighted by Crippen LogP contribution is -2.22. The molecule has 0 unspecified atom stereocenters. The van der Waals surface area contributed by atoms with Gasteiger partial charge in [0.15, 0.2) is 5.75 Å². The second-order valence-electron chi connectivity index (χ2n) is 4.64. The van der Waals surface area contributed by atoms with Crippen LogP contribution in [0.25, 0.3) is 0 Å². The van der Waals surface area contributed by atoms with Crippen LogP contribution in [0.1, 0.15) is 0 Å². The summed E-state index contributed by atoms with van der Waals surface area (Å²) < 4.78 is 4.81. The predicted octanol–water partition coefficient (Wildman–Crippen LogP) is -0.724. The van der Waals surface area contributed by atoms with Crippen molar-refractivity contribution in [1.82, 2.24) is 4.98 Å². The van der Waals surface area contributed by atoms with Crippen molar-refractivity contribution in [2.75, 3.05) is 35.6 Å². The fourth-order valence-electron chi connectivity index (χ4n) is 1.49. The van der Waals surface area contributed by atoms with E-state index in [9.17, 15) is 9.59 Å². The zero-order valence-corrected chi connectivity index (χ0v) is 13.4. The highest BCUT2D eigenvalue weighted by molar-refractivity contribution is 5.91. The Bertz CT molecular complexity index is 737. The number of nitrogens with zero attached hydrogens (tertiary/aromatic N) is 1. The molecular weight excluding hydrogens is 326 g/mol. The van der Waals surface area contributed by atoms with Gasteiger partial charge in [0.1, 0.15) is 11.6 Å². The van der Waals surface area contributed by atoms with Gasteiger partial charge in [-0.05, 0) is 24.3 Å². The number of hydrogen-bond acceptors (Lipinski definition) is 9. The van der Waals surface area contributed by atoms with Gasteiger partial charge in [0.2, 0.25) is 5.91 Å². The van der Waals surface area contributed by atoms with Gasteiger partial charge >= 0.3 is 5.97 Å². The van der Waals surface area contributed by atoms with Crippen LogP contribution < -0.4 is 38.7 Å². The van der Waals surface area contributed by atoms with Crippen LogP contribution in [-0.4, -0.2) is 29.9 Å². The minimum Gasteiger partial charge on any atom is -0.423 e. The standard InChI is InChI=1S/C8H10N2O2.C7H11N5O/c9-5-8(11)12-7-4-2-1-3-6(7)10;8-3-6(13)11-5-2-1-4(9)7(10)12-5/h1-4H,5,9-10H2;1-2H,3,8-9H2,(H3,10,11,12,13). The first kappa shape index (κ1) is 19.7. The van der Waals surface area contributed by atoms with Crippen molar-refractivity contribution in [2.24, 2.45) is 11.5 Å². The van der Waals surface area contributed by atoms with Gasteiger partial charge in [0.25, 0.3) is 0 Å². The number of esters is 1. The van der Waals surface area contributed by atoms with Gasteiger partial charge < -0.3 is 38.7 Å². The van der Waals surface area contributed by atoms with Crippen molar-refractivity contribution >= 4 is 34.9 Å². The number of pyridine rings is 1. The van der Waals surface area contributed by atoms with Crippen molar-refractivity contribution in [3.8, 4) is 5.75 Å². The van der Waals surface area contributed by atoms with E-state index in [0.29, 0.717) is 22.9 Å². The monoisotopic (exact) mass is 347 g/mol. The van der Waals surface area contributed by atoms with Crippen LogP contribution in [-0.2, 0) is 9.59 Å². The molecule has 11 N–H and O–H groups in total. The second-order valence-corrected chi connectivity index (χ2v) is 4.64. The molecule has 134 valence electrons. The Balaban J connectivity index is 0.000000251. The van der Waals surface area contributed by atoms with Crippen LogP contribution in [0.4, 0.5) is 23.0 Å². The first-order chi connectivity index (χ1) is 11.9. The van der Waals surface area contributed by atoms with Gasteiger partial charge in [0.05, 0.1) is 24.5 Å². The van der Waals surface area contributed by atoms with Crippen molar-refractivity contribution < 1.29 is 14.3 Å². The Kier molecular flexibility index (Phi) is 7.63. The van der Waals surface area contributed by atoms with Crippen LogP contribution in [0, 0.1) is 0 Å². The number of para-hydroxylation sites is 2. The van der Waals surface area contributed by atoms with E-state index in [-0.39, 0.29) is 24.8 Å². The van der Waals surface area contributed by atoms with Crippen molar-refractivity contribution in [3.05, 3.63) is 36.4 Å². The molecule has 10 heteroatoms. The molecule has 0 bridgehead atoms. The molecule has 25 heavy (non-hydrogen) atoms. The molecule has 0 atom stereocenters. The fraction of sp³-hybridized carbons (Fsp3) is 0.133. The van der Waals surface area contributed by atoms with E-state index in [1.807, 2.05) is 0 Å². The van der Waals surface area contributed by atoms with Crippen LogP contribution in [0.2, 0.25) is 0 Å². The molecule has 0 fully saturated rings. The van der Waals surface area contributed by atoms with Crippen LogP contribution in [0.3, 0.4) is 0 Å². The van der Waals surface area contributed by atoms with Crippen LogP contribution >= 0.6 is 0 Å². The number of hydrogen-bond donors (Lipinski definition) is 6. The quantitative estimate of drug-likeness (QED) is 0.234. The first-order valence-electron chi connectivity index (χ1n) is 7.14. The van der Waals surface area contributed by atoms with Crippen LogP contribution in [0.15, 0.2) is 36.4 Å². The molecule has 0 spiro atoms. The fourth-order valence-corrected chi connectivity index (χ4v) is 1.49. The third kappa shape index (κ3) is 6.72. The van der Waals surface area contributed by atoms with E-state index in [4.69, 9.17) is 33.4 Å². The number of aromatic nitrogens is 1. The van der Waals surface area contributed by atoms with E-state index < -0.39 is 5.97 Å². The van der Waals surface area contributed by atoms with Crippen molar-refractivity contribution in [2.45, 2.75) is 0 Å². The summed E-state index contributed by atoms with van der Waals surface area (Å²) in [7, 11) is 0. The topological polar surface area (TPSA) is 198 Å². The first-order valence-corrected chi connectivity index (χ1v) is 7.14. The van der Waals surface area contributed by atoms with Crippen molar-refractivity contribution in [3.63, 3.8) is 0 Å². The third-order valence-electron chi connectivity index (χ3n) is 2.72. The lowest BCUT2D eigenvalue weighted by Gasteiger charge is -2.04. The van der Waals surface area contributed by atoms with Gasteiger partial charge in [-0.25, -0.2) is 4.98 Å². The van der Waals surface area contributed by atoms with E-state index >= 15 is 0 Å². The van der Waals surface area contributed by atoms with Crippen LogP contribution in [0.5, 0.6) is 5.75 Å². The van der Waals surface area contributed by atoms with Gasteiger partial charge in [-0.1, -0.05) is 12.1 Å². The van der Waals surface area contributed by atoms with E-state index in [1.54, 1.807) is 36.4 Å². The maximum Gasteiger partial charge on any atom is 0.325 e. The lowest BCUT2D eigenvalue weighted by atomic mass is 10.3. The highest BCUT2D eigenvalue weighted by Crippen LogP contribution is 2.19. The number of ether oxygens (including phenoxy) is 1. The molecule has 0 saturated heterocycles. The summed E-state index contributed by atoms with van der Waals surface area (Å²) in [5.74, 6) is 0.0782. The normalized spacial score (nSPS) is 9.52. The highest BCUT2D eigenvalue weighted by atomic mass is 16.5. The van der Waals surface area contributed by atoms with E-state index in [2.05, 4.69) is 10.3 Å². The summed E-state index contributed by atoms with van der Waals surface area (Å²) in [6, 6.07) is 9.88. The Morgan fingerprint density at radius 1 is 0.960 bits per heavy atom. The minimum absolute atomic E-state index is 0.0913. The second kappa shape index (κ2) is 9.70.